The van der Waals surface area contributed by atoms with E-state index in [1.54, 1.807) is 0 Å². The van der Waals surface area contributed by atoms with Crippen molar-refractivity contribution in [2.75, 3.05) is 0 Å². The lowest BCUT2D eigenvalue weighted by Crippen LogP contribution is -2.45. The first-order valence-electron chi connectivity index (χ1n) is 8.68. The molecule has 2 amide bonds. The first kappa shape index (κ1) is 17.5. The van der Waals surface area contributed by atoms with Gasteiger partial charge in [-0.05, 0) is 43.9 Å². The molecule has 0 saturated heterocycles. The molecule has 1 aliphatic carbocycles. The van der Waals surface area contributed by atoms with Gasteiger partial charge >= 0.3 is 6.03 Å². The van der Waals surface area contributed by atoms with E-state index in [-0.39, 0.29) is 18.1 Å². The highest BCUT2D eigenvalue weighted by Crippen LogP contribution is 2.31. The molecular weight excluding hydrogens is 316 g/mol. The number of aryl methyl sites for hydroxylation is 2. The van der Waals surface area contributed by atoms with E-state index >= 15 is 0 Å². The number of amides is 2. The molecule has 134 valence electrons. The third-order valence-electron chi connectivity index (χ3n) is 5.04. The summed E-state index contributed by atoms with van der Waals surface area (Å²) in [6.07, 6.45) is 0.717. The monoisotopic (exact) mass is 342 g/mol. The molecule has 3 rings (SSSR count). The van der Waals surface area contributed by atoms with Crippen molar-refractivity contribution in [2.45, 2.75) is 51.8 Å². The highest BCUT2D eigenvalue weighted by atomic mass is 16.3. The Morgan fingerprint density at radius 3 is 2.80 bits per heavy atom. The molecule has 0 aliphatic heterocycles. The Hall–Kier alpha value is -2.34. The Labute approximate surface area is 148 Å². The zero-order chi connectivity index (χ0) is 18.1. The topological polar surface area (TPSA) is 79.2 Å². The molecule has 0 saturated carbocycles. The zero-order valence-electron chi connectivity index (χ0n) is 15.2. The number of fused-ring (bicyclic) bond motifs is 1. The third-order valence-corrected chi connectivity index (χ3v) is 5.04. The van der Waals surface area contributed by atoms with Crippen molar-refractivity contribution < 1.29 is 9.90 Å². The van der Waals surface area contributed by atoms with Crippen molar-refractivity contribution in [1.82, 2.24) is 20.4 Å². The maximum Gasteiger partial charge on any atom is 0.315 e. The van der Waals surface area contributed by atoms with Crippen LogP contribution in [0.3, 0.4) is 0 Å². The average Bonchev–Trinajstić information content (AvgIpc) is 2.98. The van der Waals surface area contributed by atoms with Gasteiger partial charge in [-0.3, -0.25) is 4.68 Å². The predicted octanol–water partition coefficient (Wildman–Crippen LogP) is 1.93. The largest absolute Gasteiger partial charge is 0.390 e. The SMILES string of the molecule is Cc1nn(C)c(C)c1CC(C)NC(=O)N[C@H]1c2ccccc2C[C@H]1O. The van der Waals surface area contributed by atoms with E-state index in [0.717, 1.165) is 28.9 Å². The molecule has 1 aromatic carbocycles. The van der Waals surface area contributed by atoms with Crippen LogP contribution in [0, 0.1) is 13.8 Å². The number of hydrogen-bond donors (Lipinski definition) is 3. The molecule has 6 nitrogen and oxygen atoms in total. The van der Waals surface area contributed by atoms with Crippen LogP contribution in [-0.2, 0) is 19.9 Å². The first-order chi connectivity index (χ1) is 11.9. The lowest BCUT2D eigenvalue weighted by Gasteiger charge is -2.21. The molecule has 0 bridgehead atoms. The van der Waals surface area contributed by atoms with Gasteiger partial charge in [0.2, 0.25) is 0 Å². The normalized spacial score (nSPS) is 20.2. The van der Waals surface area contributed by atoms with Crippen molar-refractivity contribution in [1.29, 1.82) is 0 Å². The van der Waals surface area contributed by atoms with Gasteiger partial charge in [0.05, 0.1) is 17.8 Å². The fraction of sp³-hybridized carbons (Fsp3) is 0.474. The molecule has 1 heterocycles. The highest BCUT2D eigenvalue weighted by molar-refractivity contribution is 5.75. The second kappa shape index (κ2) is 6.88. The van der Waals surface area contributed by atoms with Crippen LogP contribution in [0.5, 0.6) is 0 Å². The smallest absolute Gasteiger partial charge is 0.315 e. The van der Waals surface area contributed by atoms with E-state index in [1.807, 2.05) is 56.8 Å². The minimum atomic E-state index is -0.582. The van der Waals surface area contributed by atoms with Crippen LogP contribution in [0.4, 0.5) is 4.79 Å². The molecule has 25 heavy (non-hydrogen) atoms. The van der Waals surface area contributed by atoms with E-state index in [2.05, 4.69) is 15.7 Å². The van der Waals surface area contributed by atoms with Crippen LogP contribution in [0.25, 0.3) is 0 Å². The summed E-state index contributed by atoms with van der Waals surface area (Å²) in [5.74, 6) is 0. The van der Waals surface area contributed by atoms with Gasteiger partial charge in [0, 0.05) is 25.2 Å². The van der Waals surface area contributed by atoms with Gasteiger partial charge in [0.1, 0.15) is 0 Å². The van der Waals surface area contributed by atoms with Crippen LogP contribution in [-0.4, -0.2) is 33.1 Å². The summed E-state index contributed by atoms with van der Waals surface area (Å²) in [6.45, 7) is 6.00. The van der Waals surface area contributed by atoms with Crippen LogP contribution in [0.1, 0.15) is 41.0 Å². The summed E-state index contributed by atoms with van der Waals surface area (Å²) < 4.78 is 1.86. The number of aliphatic hydroxyl groups is 1. The van der Waals surface area contributed by atoms with Crippen molar-refractivity contribution in [3.63, 3.8) is 0 Å². The Morgan fingerprint density at radius 2 is 2.12 bits per heavy atom. The Morgan fingerprint density at radius 1 is 1.40 bits per heavy atom. The van der Waals surface area contributed by atoms with Gasteiger partial charge in [-0.2, -0.15) is 5.10 Å². The van der Waals surface area contributed by atoms with Gasteiger partial charge < -0.3 is 15.7 Å². The van der Waals surface area contributed by atoms with Gasteiger partial charge in [0.15, 0.2) is 0 Å². The summed E-state index contributed by atoms with van der Waals surface area (Å²) in [4.78, 5) is 12.4. The average molecular weight is 342 g/mol. The number of benzene rings is 1. The van der Waals surface area contributed by atoms with Crippen LogP contribution in [0.15, 0.2) is 24.3 Å². The van der Waals surface area contributed by atoms with Crippen molar-refractivity contribution in [3.05, 3.63) is 52.3 Å². The predicted molar refractivity (Wildman–Crippen MR) is 96.4 cm³/mol. The molecule has 3 N–H and O–H groups in total. The molecule has 6 heteroatoms. The standard InChI is InChI=1S/C19H26N4O2/c1-11(9-16-12(2)22-23(4)13(16)3)20-19(25)21-18-15-8-6-5-7-14(15)10-17(18)24/h5-8,11,17-18,24H,9-10H2,1-4H3,(H2,20,21,25)/t11?,17-,18+/m1/s1. The van der Waals surface area contributed by atoms with Crippen LogP contribution in [0.2, 0.25) is 0 Å². The number of urea groups is 1. The van der Waals surface area contributed by atoms with Crippen LogP contribution >= 0.6 is 0 Å². The van der Waals surface area contributed by atoms with E-state index in [1.165, 1.54) is 5.56 Å². The van der Waals surface area contributed by atoms with E-state index in [9.17, 15) is 9.90 Å². The summed E-state index contributed by atoms with van der Waals surface area (Å²) in [7, 11) is 1.93. The fourth-order valence-electron chi connectivity index (χ4n) is 3.62. The zero-order valence-corrected chi connectivity index (χ0v) is 15.2. The van der Waals surface area contributed by atoms with Gasteiger partial charge in [-0.1, -0.05) is 24.3 Å². The van der Waals surface area contributed by atoms with Crippen molar-refractivity contribution >= 4 is 6.03 Å². The number of hydrogen-bond acceptors (Lipinski definition) is 3. The number of carbonyl (C=O) groups excluding carboxylic acids is 1. The molecule has 3 atom stereocenters. The van der Waals surface area contributed by atoms with Crippen LogP contribution < -0.4 is 10.6 Å². The van der Waals surface area contributed by atoms with Crippen molar-refractivity contribution in [3.8, 4) is 0 Å². The summed E-state index contributed by atoms with van der Waals surface area (Å²) in [6, 6.07) is 7.19. The number of nitrogens with one attached hydrogen (secondary N) is 2. The summed E-state index contributed by atoms with van der Waals surface area (Å²) in [5.41, 5.74) is 5.37. The highest BCUT2D eigenvalue weighted by Gasteiger charge is 2.32. The van der Waals surface area contributed by atoms with E-state index in [4.69, 9.17) is 0 Å². The maximum absolute atomic E-state index is 12.4. The number of nitrogens with zero attached hydrogens (tertiary/aromatic N) is 2. The number of aliphatic hydroxyl groups excluding tert-OH is 1. The van der Waals surface area contributed by atoms with Crippen molar-refractivity contribution in [2.24, 2.45) is 7.05 Å². The molecule has 0 fully saturated rings. The number of rotatable bonds is 4. The number of aromatic nitrogens is 2. The van der Waals surface area contributed by atoms with Gasteiger partial charge in [-0.15, -0.1) is 0 Å². The van der Waals surface area contributed by atoms with E-state index in [0.29, 0.717) is 6.42 Å². The lowest BCUT2D eigenvalue weighted by atomic mass is 10.1. The lowest BCUT2D eigenvalue weighted by molar-refractivity contribution is 0.142. The molecule has 0 spiro atoms. The molecule has 1 unspecified atom stereocenters. The molecule has 1 aromatic heterocycles. The number of carbonyl (C=O) groups is 1. The molecule has 0 radical (unpaired) electrons. The molecule has 2 aromatic rings. The van der Waals surface area contributed by atoms with E-state index < -0.39 is 6.10 Å². The second-order valence-corrected chi connectivity index (χ2v) is 6.94. The fourth-order valence-corrected chi connectivity index (χ4v) is 3.62. The maximum atomic E-state index is 12.4. The summed E-state index contributed by atoms with van der Waals surface area (Å²) >= 11 is 0. The molecular formula is C19H26N4O2. The van der Waals surface area contributed by atoms with Gasteiger partial charge in [-0.25, -0.2) is 4.79 Å². The van der Waals surface area contributed by atoms with Gasteiger partial charge in [0.25, 0.3) is 0 Å². The summed E-state index contributed by atoms with van der Waals surface area (Å²) in [5, 5.41) is 20.6. The third kappa shape index (κ3) is 3.54. The Balaban J connectivity index is 1.61. The first-order valence-corrected chi connectivity index (χ1v) is 8.68. The quantitative estimate of drug-likeness (QED) is 0.794. The Bertz CT molecular complexity index is 784. The minimum Gasteiger partial charge on any atom is -0.390 e. The minimum absolute atomic E-state index is 0.0320. The second-order valence-electron chi connectivity index (χ2n) is 6.94. The molecule has 1 aliphatic rings. The Kier molecular flexibility index (Phi) is 4.81.